The lowest BCUT2D eigenvalue weighted by Crippen LogP contribution is -2.18. The van der Waals surface area contributed by atoms with Crippen LogP contribution >= 0.6 is 0 Å². The lowest BCUT2D eigenvalue weighted by atomic mass is 10.3. The zero-order valence-electron chi connectivity index (χ0n) is 13.5. The van der Waals surface area contributed by atoms with Crippen LogP contribution < -0.4 is 9.47 Å². The summed E-state index contributed by atoms with van der Waals surface area (Å²) >= 11 is 0. The quantitative estimate of drug-likeness (QED) is 0.722. The van der Waals surface area contributed by atoms with E-state index in [2.05, 4.69) is 10.2 Å². The van der Waals surface area contributed by atoms with E-state index in [9.17, 15) is 8.42 Å². The third-order valence-electron chi connectivity index (χ3n) is 3.44. The van der Waals surface area contributed by atoms with Gasteiger partial charge in [-0.15, -0.1) is 10.2 Å². The molecule has 2 rings (SSSR count). The Balaban J connectivity index is 1.89. The van der Waals surface area contributed by atoms with Crippen LogP contribution in [0.1, 0.15) is 18.6 Å². The fraction of sp³-hybridized carbons (Fsp3) is 0.467. The van der Waals surface area contributed by atoms with Crippen LogP contribution in [0.4, 0.5) is 0 Å². The van der Waals surface area contributed by atoms with Gasteiger partial charge in [-0.25, -0.2) is 8.42 Å². The van der Waals surface area contributed by atoms with Crippen molar-refractivity contribution >= 4 is 9.84 Å². The monoisotopic (exact) mass is 339 g/mol. The molecular weight excluding hydrogens is 318 g/mol. The van der Waals surface area contributed by atoms with E-state index < -0.39 is 9.84 Å². The third-order valence-corrected chi connectivity index (χ3v) is 4.93. The summed E-state index contributed by atoms with van der Waals surface area (Å²) in [6, 6.07) is 6.99. The Morgan fingerprint density at radius 1 is 1.09 bits per heavy atom. The molecule has 0 aliphatic heterocycles. The number of benzene rings is 1. The first-order chi connectivity index (χ1) is 10.9. The predicted octanol–water partition coefficient (Wildman–Crippen LogP) is 1.38. The molecule has 23 heavy (non-hydrogen) atoms. The van der Waals surface area contributed by atoms with Gasteiger partial charge in [0.25, 0.3) is 0 Å². The van der Waals surface area contributed by atoms with Gasteiger partial charge in [-0.1, -0.05) is 6.92 Å². The first kappa shape index (κ1) is 17.3. The second-order valence-electron chi connectivity index (χ2n) is 5.06. The summed E-state index contributed by atoms with van der Waals surface area (Å²) in [5, 5.41) is 7.90. The molecule has 7 nitrogen and oxygen atoms in total. The normalized spacial score (nSPS) is 11.4. The molecule has 0 unspecified atom stereocenters. The van der Waals surface area contributed by atoms with E-state index in [1.165, 1.54) is 0 Å². The molecule has 0 saturated carbocycles. The Morgan fingerprint density at radius 3 is 2.26 bits per heavy atom. The third kappa shape index (κ3) is 4.69. The zero-order chi connectivity index (χ0) is 16.9. The van der Waals surface area contributed by atoms with E-state index in [0.29, 0.717) is 18.0 Å². The molecule has 2 aromatic rings. The van der Waals surface area contributed by atoms with Crippen LogP contribution in [0.15, 0.2) is 24.3 Å². The van der Waals surface area contributed by atoms with Gasteiger partial charge in [-0.05, 0) is 24.3 Å². The molecule has 1 heterocycles. The van der Waals surface area contributed by atoms with Crippen molar-refractivity contribution in [1.29, 1.82) is 0 Å². The van der Waals surface area contributed by atoms with Gasteiger partial charge in [0.1, 0.15) is 35.5 Å². The average molecular weight is 339 g/mol. The van der Waals surface area contributed by atoms with E-state index in [1.54, 1.807) is 43.0 Å². The summed E-state index contributed by atoms with van der Waals surface area (Å²) in [6.07, 6.45) is 0.712. The Bertz CT molecular complexity index is 739. The number of methoxy groups -OCH3 is 1. The lowest BCUT2D eigenvalue weighted by molar-refractivity contribution is 0.339. The fourth-order valence-electron chi connectivity index (χ4n) is 2.06. The highest BCUT2D eigenvalue weighted by atomic mass is 32.2. The van der Waals surface area contributed by atoms with Crippen molar-refractivity contribution in [3.05, 3.63) is 35.9 Å². The van der Waals surface area contributed by atoms with Crippen molar-refractivity contribution in [1.82, 2.24) is 14.8 Å². The van der Waals surface area contributed by atoms with Crippen molar-refractivity contribution in [3.63, 3.8) is 0 Å². The van der Waals surface area contributed by atoms with Crippen LogP contribution in [0.25, 0.3) is 0 Å². The first-order valence-corrected chi connectivity index (χ1v) is 9.11. The minimum atomic E-state index is -3.31. The van der Waals surface area contributed by atoms with Crippen molar-refractivity contribution in [3.8, 4) is 11.5 Å². The van der Waals surface area contributed by atoms with Crippen LogP contribution in [0, 0.1) is 0 Å². The maximum Gasteiger partial charge on any atom is 0.160 e. The van der Waals surface area contributed by atoms with Gasteiger partial charge < -0.3 is 14.0 Å². The second kappa shape index (κ2) is 7.45. The summed E-state index contributed by atoms with van der Waals surface area (Å²) in [6.45, 7) is 2.04. The molecule has 8 heteroatoms. The van der Waals surface area contributed by atoms with Gasteiger partial charge in [0, 0.05) is 13.5 Å². The Hall–Kier alpha value is -2.09. The fourth-order valence-corrected chi connectivity index (χ4v) is 3.19. The highest BCUT2D eigenvalue weighted by molar-refractivity contribution is 7.90. The number of sulfone groups is 1. The van der Waals surface area contributed by atoms with Gasteiger partial charge in [0.15, 0.2) is 9.84 Å². The summed E-state index contributed by atoms with van der Waals surface area (Å²) in [5.74, 6) is 2.33. The molecule has 0 amide bonds. The number of aryl methyl sites for hydroxylation is 1. The molecule has 0 aliphatic rings. The summed E-state index contributed by atoms with van der Waals surface area (Å²) in [5.41, 5.74) is 0. The Labute approximate surface area is 136 Å². The van der Waals surface area contributed by atoms with Crippen LogP contribution in [-0.2, 0) is 29.1 Å². The zero-order valence-corrected chi connectivity index (χ0v) is 14.3. The molecular formula is C15H21N3O4S. The number of nitrogens with zero attached hydrogens (tertiary/aromatic N) is 3. The van der Waals surface area contributed by atoms with E-state index in [-0.39, 0.29) is 18.1 Å². The van der Waals surface area contributed by atoms with E-state index in [0.717, 1.165) is 11.6 Å². The highest BCUT2D eigenvalue weighted by Gasteiger charge is 2.17. The molecule has 1 aromatic heterocycles. The Morgan fingerprint density at radius 2 is 1.70 bits per heavy atom. The van der Waals surface area contributed by atoms with Gasteiger partial charge in [0.2, 0.25) is 0 Å². The number of ether oxygens (including phenoxy) is 2. The maximum absolute atomic E-state index is 12.2. The molecule has 0 fully saturated rings. The number of hydrogen-bond donors (Lipinski definition) is 0. The molecule has 0 saturated heterocycles. The summed E-state index contributed by atoms with van der Waals surface area (Å²) < 4.78 is 36.6. The van der Waals surface area contributed by atoms with Crippen molar-refractivity contribution < 1.29 is 17.9 Å². The number of aromatic nitrogens is 3. The predicted molar refractivity (Wildman–Crippen MR) is 86.4 cm³/mol. The van der Waals surface area contributed by atoms with Crippen LogP contribution in [0.3, 0.4) is 0 Å². The van der Waals surface area contributed by atoms with E-state index in [1.807, 2.05) is 6.92 Å². The summed E-state index contributed by atoms with van der Waals surface area (Å²) in [4.78, 5) is 0. The maximum atomic E-state index is 12.2. The van der Waals surface area contributed by atoms with Gasteiger partial charge >= 0.3 is 0 Å². The standard InChI is InChI=1S/C15H21N3O4S/c1-4-14-16-17-15(18(14)2)11-23(19,20)10-9-22-13-7-5-12(21-3)6-8-13/h5-8H,4,9-11H2,1-3H3. The number of hydrogen-bond acceptors (Lipinski definition) is 6. The van der Waals surface area contributed by atoms with E-state index in [4.69, 9.17) is 9.47 Å². The van der Waals surface area contributed by atoms with Crippen molar-refractivity contribution in [2.24, 2.45) is 7.05 Å². The van der Waals surface area contributed by atoms with E-state index >= 15 is 0 Å². The van der Waals surface area contributed by atoms with Gasteiger partial charge in [-0.2, -0.15) is 0 Å². The SMILES string of the molecule is CCc1nnc(CS(=O)(=O)CCOc2ccc(OC)cc2)n1C. The topological polar surface area (TPSA) is 83.3 Å². The molecule has 0 radical (unpaired) electrons. The largest absolute Gasteiger partial charge is 0.497 e. The van der Waals surface area contributed by atoms with Crippen LogP contribution in [0.5, 0.6) is 11.5 Å². The Kier molecular flexibility index (Phi) is 5.59. The molecule has 0 bridgehead atoms. The molecule has 0 N–H and O–H groups in total. The molecule has 0 atom stereocenters. The van der Waals surface area contributed by atoms with Crippen molar-refractivity contribution in [2.45, 2.75) is 19.1 Å². The van der Waals surface area contributed by atoms with Gasteiger partial charge in [0.05, 0.1) is 12.9 Å². The first-order valence-electron chi connectivity index (χ1n) is 7.29. The molecule has 126 valence electrons. The van der Waals surface area contributed by atoms with Crippen LogP contribution in [-0.4, -0.2) is 42.7 Å². The molecule has 0 spiro atoms. The highest BCUT2D eigenvalue weighted by Crippen LogP contribution is 2.17. The smallest absolute Gasteiger partial charge is 0.160 e. The van der Waals surface area contributed by atoms with Crippen LogP contribution in [0.2, 0.25) is 0 Å². The lowest BCUT2D eigenvalue weighted by Gasteiger charge is -2.08. The summed E-state index contributed by atoms with van der Waals surface area (Å²) in [7, 11) is 0.0495. The van der Waals surface area contributed by atoms with Gasteiger partial charge in [-0.3, -0.25) is 0 Å². The number of rotatable bonds is 8. The minimum Gasteiger partial charge on any atom is -0.497 e. The second-order valence-corrected chi connectivity index (χ2v) is 7.25. The molecule has 0 aliphatic carbocycles. The molecule has 1 aromatic carbocycles. The average Bonchev–Trinajstić information content (AvgIpc) is 2.87. The van der Waals surface area contributed by atoms with Crippen molar-refractivity contribution in [2.75, 3.05) is 19.5 Å². The minimum absolute atomic E-state index is 0.0760.